The lowest BCUT2D eigenvalue weighted by atomic mass is 10.0. The van der Waals surface area contributed by atoms with Gasteiger partial charge in [0.1, 0.15) is 11.8 Å². The van der Waals surface area contributed by atoms with Gasteiger partial charge in [0.2, 0.25) is 5.91 Å². The van der Waals surface area contributed by atoms with Gasteiger partial charge in [0.15, 0.2) is 6.61 Å². The van der Waals surface area contributed by atoms with Crippen LogP contribution in [0, 0.1) is 17.2 Å². The van der Waals surface area contributed by atoms with E-state index in [1.54, 1.807) is 38.1 Å². The predicted molar refractivity (Wildman–Crippen MR) is 128 cm³/mol. The van der Waals surface area contributed by atoms with Crippen molar-refractivity contribution in [3.05, 3.63) is 60.2 Å². The molecule has 0 aliphatic carbocycles. The van der Waals surface area contributed by atoms with Crippen molar-refractivity contribution in [2.75, 3.05) is 24.7 Å². The number of rotatable bonds is 12. The van der Waals surface area contributed by atoms with E-state index in [1.165, 1.54) is 4.90 Å². The molecule has 8 heteroatoms. The zero-order chi connectivity index (χ0) is 24.9. The van der Waals surface area contributed by atoms with E-state index in [4.69, 9.17) is 14.7 Å². The zero-order valence-electron chi connectivity index (χ0n) is 19.8. The Morgan fingerprint density at radius 3 is 2.32 bits per heavy atom. The Labute approximate surface area is 200 Å². The second-order valence-corrected chi connectivity index (χ2v) is 7.94. The minimum absolute atomic E-state index is 0.122. The second kappa shape index (κ2) is 13.6. The third kappa shape index (κ3) is 8.24. The van der Waals surface area contributed by atoms with E-state index in [2.05, 4.69) is 5.32 Å². The van der Waals surface area contributed by atoms with Crippen molar-refractivity contribution in [1.82, 2.24) is 5.32 Å². The van der Waals surface area contributed by atoms with Gasteiger partial charge in [-0.25, -0.2) is 4.79 Å². The smallest absolute Gasteiger partial charge is 0.329 e. The molecule has 1 atom stereocenters. The first-order chi connectivity index (χ1) is 16.3. The van der Waals surface area contributed by atoms with Crippen LogP contribution in [-0.4, -0.2) is 43.6 Å². The van der Waals surface area contributed by atoms with Crippen LogP contribution in [0.1, 0.15) is 32.8 Å². The second-order valence-electron chi connectivity index (χ2n) is 7.94. The number of benzene rings is 2. The number of hydrogen-bond donors (Lipinski definition) is 1. The summed E-state index contributed by atoms with van der Waals surface area (Å²) in [6.45, 7) is 5.62. The molecule has 0 heterocycles. The van der Waals surface area contributed by atoms with Gasteiger partial charge in [-0.1, -0.05) is 44.2 Å². The quantitative estimate of drug-likeness (QED) is 0.482. The maximum atomic E-state index is 12.8. The summed E-state index contributed by atoms with van der Waals surface area (Å²) in [5.74, 6) is -1.03. The van der Waals surface area contributed by atoms with Gasteiger partial charge in [0.05, 0.1) is 25.5 Å². The molecule has 8 nitrogen and oxygen atoms in total. The van der Waals surface area contributed by atoms with Crippen LogP contribution in [0.5, 0.6) is 5.75 Å². The van der Waals surface area contributed by atoms with E-state index >= 15 is 0 Å². The Morgan fingerprint density at radius 1 is 1.06 bits per heavy atom. The Hall–Kier alpha value is -3.86. The summed E-state index contributed by atoms with van der Waals surface area (Å²) in [5.41, 5.74) is 1.39. The van der Waals surface area contributed by atoms with Crippen LogP contribution in [0.4, 0.5) is 5.69 Å². The summed E-state index contributed by atoms with van der Waals surface area (Å²) < 4.78 is 10.7. The molecule has 1 N–H and O–H groups in total. The summed E-state index contributed by atoms with van der Waals surface area (Å²) in [4.78, 5) is 39.3. The molecule has 0 radical (unpaired) electrons. The fourth-order valence-corrected chi connectivity index (χ4v) is 3.25. The van der Waals surface area contributed by atoms with Crippen molar-refractivity contribution >= 4 is 23.5 Å². The third-order valence-corrected chi connectivity index (χ3v) is 4.99. The van der Waals surface area contributed by atoms with Gasteiger partial charge in [-0.2, -0.15) is 5.26 Å². The molecule has 2 amide bonds. The van der Waals surface area contributed by atoms with Crippen molar-refractivity contribution in [3.8, 4) is 11.8 Å². The molecule has 0 fully saturated rings. The average Bonchev–Trinajstić information content (AvgIpc) is 2.83. The fourth-order valence-electron chi connectivity index (χ4n) is 3.25. The van der Waals surface area contributed by atoms with E-state index in [1.807, 2.05) is 43.3 Å². The summed E-state index contributed by atoms with van der Waals surface area (Å²) in [6.07, 6.45) is 0.257. The first kappa shape index (κ1) is 26.4. The molecule has 2 aromatic carbocycles. The zero-order valence-corrected chi connectivity index (χ0v) is 19.8. The molecule has 0 aliphatic heterocycles. The minimum atomic E-state index is -0.887. The Morgan fingerprint density at radius 2 is 1.74 bits per heavy atom. The van der Waals surface area contributed by atoms with Crippen LogP contribution < -0.4 is 15.0 Å². The lowest BCUT2D eigenvalue weighted by Crippen LogP contribution is -2.47. The van der Waals surface area contributed by atoms with Crippen LogP contribution in [0.15, 0.2) is 54.6 Å². The van der Waals surface area contributed by atoms with E-state index in [9.17, 15) is 14.4 Å². The lowest BCUT2D eigenvalue weighted by molar-refractivity contribution is -0.152. The molecule has 0 aromatic heterocycles. The van der Waals surface area contributed by atoms with E-state index in [0.717, 1.165) is 5.56 Å². The molecule has 0 bridgehead atoms. The molecule has 0 spiro atoms. The normalized spacial score (nSPS) is 11.3. The van der Waals surface area contributed by atoms with Crippen LogP contribution >= 0.6 is 0 Å². The van der Waals surface area contributed by atoms with Gasteiger partial charge < -0.3 is 19.7 Å². The standard InChI is InChI=1S/C26H31N3O5/c1-4-33-22-13-11-21(12-14-22)29(16-8-15-27)24(31)18-34-26(32)25(19(2)3)28-23(30)17-20-9-6-5-7-10-20/h5-7,9-14,19,25H,4,8,16-18H2,1-3H3,(H,28,30)/t25-/m0/s1. The average molecular weight is 466 g/mol. The summed E-state index contributed by atoms with van der Waals surface area (Å²) >= 11 is 0. The number of amides is 2. The molecule has 34 heavy (non-hydrogen) atoms. The molecule has 0 saturated heterocycles. The summed E-state index contributed by atoms with van der Waals surface area (Å²) in [6, 6.07) is 17.2. The molecule has 2 rings (SSSR count). The number of nitrogens with one attached hydrogen (secondary N) is 1. The van der Waals surface area contributed by atoms with E-state index in [-0.39, 0.29) is 31.2 Å². The maximum absolute atomic E-state index is 12.8. The highest BCUT2D eigenvalue weighted by atomic mass is 16.5. The van der Waals surface area contributed by atoms with Gasteiger partial charge >= 0.3 is 5.97 Å². The monoisotopic (exact) mass is 465 g/mol. The number of carbonyl (C=O) groups is 3. The molecule has 0 saturated carbocycles. The van der Waals surface area contributed by atoms with Crippen molar-refractivity contribution in [2.24, 2.45) is 5.92 Å². The van der Waals surface area contributed by atoms with Crippen LogP contribution in [0.25, 0.3) is 0 Å². The highest BCUT2D eigenvalue weighted by Gasteiger charge is 2.27. The van der Waals surface area contributed by atoms with E-state index in [0.29, 0.717) is 18.0 Å². The molecular weight excluding hydrogens is 434 g/mol. The highest BCUT2D eigenvalue weighted by Crippen LogP contribution is 2.20. The van der Waals surface area contributed by atoms with Crippen molar-refractivity contribution in [1.29, 1.82) is 5.26 Å². The number of nitrogens with zero attached hydrogens (tertiary/aromatic N) is 2. The number of ether oxygens (including phenoxy) is 2. The lowest BCUT2D eigenvalue weighted by Gasteiger charge is -2.24. The van der Waals surface area contributed by atoms with Crippen LogP contribution in [0.3, 0.4) is 0 Å². The Balaban J connectivity index is 2.00. The van der Waals surface area contributed by atoms with Gasteiger partial charge in [0.25, 0.3) is 5.91 Å². The first-order valence-corrected chi connectivity index (χ1v) is 11.3. The molecular formula is C26H31N3O5. The van der Waals surface area contributed by atoms with Gasteiger partial charge in [-0.05, 0) is 42.7 Å². The van der Waals surface area contributed by atoms with Crippen molar-refractivity contribution in [2.45, 2.75) is 39.7 Å². The third-order valence-electron chi connectivity index (χ3n) is 4.99. The number of carbonyl (C=O) groups excluding carboxylic acids is 3. The van der Waals surface area contributed by atoms with Crippen LogP contribution in [-0.2, 0) is 25.5 Å². The fraction of sp³-hybridized carbons (Fsp3) is 0.385. The first-order valence-electron chi connectivity index (χ1n) is 11.3. The van der Waals surface area contributed by atoms with Crippen molar-refractivity contribution < 1.29 is 23.9 Å². The predicted octanol–water partition coefficient (Wildman–Crippen LogP) is 3.26. The maximum Gasteiger partial charge on any atom is 0.329 e. The number of hydrogen-bond acceptors (Lipinski definition) is 6. The van der Waals surface area contributed by atoms with Gasteiger partial charge in [0, 0.05) is 12.2 Å². The number of esters is 1. The van der Waals surface area contributed by atoms with Gasteiger partial charge in [-0.3, -0.25) is 9.59 Å². The summed E-state index contributed by atoms with van der Waals surface area (Å²) in [7, 11) is 0. The number of nitriles is 1. The largest absolute Gasteiger partial charge is 0.494 e. The highest BCUT2D eigenvalue weighted by molar-refractivity contribution is 5.96. The molecule has 0 unspecified atom stereocenters. The topological polar surface area (TPSA) is 109 Å². The SMILES string of the molecule is CCOc1ccc(N(CCC#N)C(=O)COC(=O)[C@@H](NC(=O)Cc2ccccc2)C(C)C)cc1. The Bertz CT molecular complexity index is 984. The molecule has 180 valence electrons. The Kier molecular flexibility index (Phi) is 10.6. The van der Waals surface area contributed by atoms with Gasteiger partial charge in [-0.15, -0.1) is 0 Å². The van der Waals surface area contributed by atoms with Crippen LogP contribution in [0.2, 0.25) is 0 Å². The van der Waals surface area contributed by atoms with E-state index < -0.39 is 24.5 Å². The summed E-state index contributed by atoms with van der Waals surface area (Å²) in [5, 5.41) is 11.7. The minimum Gasteiger partial charge on any atom is -0.494 e. The molecule has 0 aliphatic rings. The van der Waals surface area contributed by atoms with Crippen molar-refractivity contribution in [3.63, 3.8) is 0 Å². The molecule has 2 aromatic rings. The number of anilines is 1.